The fourth-order valence-electron chi connectivity index (χ4n) is 2.16. The number of sulfone groups is 1. The molecule has 0 atom stereocenters. The Bertz CT molecular complexity index is 760. The van der Waals surface area contributed by atoms with Crippen LogP contribution in [0.2, 0.25) is 5.02 Å². The minimum absolute atomic E-state index is 0.0160. The number of carbonyl (C=O) groups is 1. The first kappa shape index (κ1) is 17.5. The van der Waals surface area contributed by atoms with Crippen molar-refractivity contribution in [2.45, 2.75) is 12.8 Å². The van der Waals surface area contributed by atoms with Crippen LogP contribution < -0.4 is 5.32 Å². The van der Waals surface area contributed by atoms with E-state index in [-0.39, 0.29) is 5.75 Å². The van der Waals surface area contributed by atoms with Gasteiger partial charge in [0.15, 0.2) is 9.84 Å². The van der Waals surface area contributed by atoms with Gasteiger partial charge in [0.2, 0.25) is 5.91 Å². The zero-order valence-corrected chi connectivity index (χ0v) is 14.1. The second-order valence-electron chi connectivity index (χ2n) is 5.21. The molecule has 0 unspecified atom stereocenters. The highest BCUT2D eigenvalue weighted by Gasteiger charge is 2.17. The standard InChI is InChI=1S/C17H18ClNO3S/c18-15-10-4-5-11-16(15)19-17(20)13-23(21,22)12-6-9-14-7-2-1-3-8-14/h1-5,7-8,10-11H,6,9,12-13H2,(H,19,20). The van der Waals surface area contributed by atoms with Crippen molar-refractivity contribution in [3.05, 3.63) is 65.2 Å². The molecule has 0 aromatic heterocycles. The van der Waals surface area contributed by atoms with E-state index in [0.717, 1.165) is 5.56 Å². The lowest BCUT2D eigenvalue weighted by Crippen LogP contribution is -2.25. The third kappa shape index (κ3) is 6.04. The van der Waals surface area contributed by atoms with Crippen molar-refractivity contribution in [3.8, 4) is 0 Å². The van der Waals surface area contributed by atoms with E-state index in [4.69, 9.17) is 11.6 Å². The van der Waals surface area contributed by atoms with Crippen LogP contribution in [-0.4, -0.2) is 25.8 Å². The van der Waals surface area contributed by atoms with Crippen LogP contribution in [-0.2, 0) is 21.1 Å². The summed E-state index contributed by atoms with van der Waals surface area (Å²) in [4.78, 5) is 11.9. The van der Waals surface area contributed by atoms with Crippen molar-refractivity contribution in [1.29, 1.82) is 0 Å². The molecule has 1 N–H and O–H groups in total. The topological polar surface area (TPSA) is 63.2 Å². The molecule has 2 aromatic carbocycles. The maximum Gasteiger partial charge on any atom is 0.239 e. The lowest BCUT2D eigenvalue weighted by Gasteiger charge is -2.08. The van der Waals surface area contributed by atoms with Gasteiger partial charge in [0.05, 0.1) is 16.5 Å². The molecule has 2 aromatic rings. The summed E-state index contributed by atoms with van der Waals surface area (Å²) in [5, 5.41) is 2.90. The number of rotatable bonds is 7. The molecule has 4 nitrogen and oxygen atoms in total. The molecule has 122 valence electrons. The summed E-state index contributed by atoms with van der Waals surface area (Å²) in [6.07, 6.45) is 1.16. The van der Waals surface area contributed by atoms with E-state index in [1.165, 1.54) is 0 Å². The summed E-state index contributed by atoms with van der Waals surface area (Å²) >= 11 is 5.93. The SMILES string of the molecule is O=C(CS(=O)(=O)CCCc1ccccc1)Nc1ccccc1Cl. The van der Waals surface area contributed by atoms with Crippen molar-refractivity contribution in [2.24, 2.45) is 0 Å². The number of aryl methyl sites for hydroxylation is 1. The first-order valence-corrected chi connectivity index (χ1v) is 9.45. The van der Waals surface area contributed by atoms with Gasteiger partial charge in [-0.05, 0) is 30.5 Å². The van der Waals surface area contributed by atoms with Gasteiger partial charge in [-0.15, -0.1) is 0 Å². The predicted octanol–water partition coefficient (Wildman–Crippen LogP) is 3.33. The second-order valence-corrected chi connectivity index (χ2v) is 7.80. The normalized spacial score (nSPS) is 11.2. The van der Waals surface area contributed by atoms with Gasteiger partial charge in [0, 0.05) is 0 Å². The molecule has 0 aliphatic rings. The summed E-state index contributed by atoms with van der Waals surface area (Å²) in [5.74, 6) is -1.12. The average molecular weight is 352 g/mol. The van der Waals surface area contributed by atoms with E-state index >= 15 is 0 Å². The molecule has 0 fully saturated rings. The molecule has 0 spiro atoms. The molecule has 0 radical (unpaired) electrons. The Kier molecular flexibility index (Phi) is 6.19. The highest BCUT2D eigenvalue weighted by Crippen LogP contribution is 2.20. The number of para-hydroxylation sites is 1. The van der Waals surface area contributed by atoms with E-state index in [9.17, 15) is 13.2 Å². The molecule has 1 amide bonds. The van der Waals surface area contributed by atoms with Crippen LogP contribution in [0.4, 0.5) is 5.69 Å². The molecule has 0 saturated heterocycles. The lowest BCUT2D eigenvalue weighted by atomic mass is 10.1. The van der Waals surface area contributed by atoms with Crippen LogP contribution >= 0.6 is 11.6 Å². The Hall–Kier alpha value is -1.85. The molecule has 0 heterocycles. The monoisotopic (exact) mass is 351 g/mol. The Morgan fingerprint density at radius 1 is 1.00 bits per heavy atom. The molecule has 0 bridgehead atoms. The fourth-order valence-corrected chi connectivity index (χ4v) is 3.54. The molecule has 23 heavy (non-hydrogen) atoms. The number of anilines is 1. The lowest BCUT2D eigenvalue weighted by molar-refractivity contribution is -0.113. The zero-order chi connectivity index (χ0) is 16.7. The maximum atomic E-state index is 12.0. The zero-order valence-electron chi connectivity index (χ0n) is 12.5. The number of carbonyl (C=O) groups excluding carboxylic acids is 1. The quantitative estimate of drug-likeness (QED) is 0.832. The van der Waals surface area contributed by atoms with Crippen LogP contribution in [0.5, 0.6) is 0 Å². The molecule has 2 rings (SSSR count). The van der Waals surface area contributed by atoms with Gasteiger partial charge in [0.1, 0.15) is 5.75 Å². The highest BCUT2D eigenvalue weighted by molar-refractivity contribution is 7.92. The Labute approximate surface area is 141 Å². The largest absolute Gasteiger partial charge is 0.324 e. The van der Waals surface area contributed by atoms with Crippen LogP contribution in [0, 0.1) is 0 Å². The van der Waals surface area contributed by atoms with Gasteiger partial charge in [0.25, 0.3) is 0 Å². The first-order chi connectivity index (χ1) is 11.0. The molecule has 0 aliphatic carbocycles. The summed E-state index contributed by atoms with van der Waals surface area (Å²) in [7, 11) is -3.44. The van der Waals surface area contributed by atoms with Crippen LogP contribution in [0.3, 0.4) is 0 Å². The van der Waals surface area contributed by atoms with Crippen LogP contribution in [0.1, 0.15) is 12.0 Å². The number of nitrogens with one attached hydrogen (secondary N) is 1. The van der Waals surface area contributed by atoms with Crippen LogP contribution in [0.15, 0.2) is 54.6 Å². The van der Waals surface area contributed by atoms with Gasteiger partial charge in [-0.3, -0.25) is 4.79 Å². The molecule has 0 saturated carbocycles. The van der Waals surface area contributed by atoms with Gasteiger partial charge in [-0.2, -0.15) is 0 Å². The number of hydrogen-bond donors (Lipinski definition) is 1. The average Bonchev–Trinajstić information content (AvgIpc) is 2.50. The van der Waals surface area contributed by atoms with Crippen molar-refractivity contribution in [3.63, 3.8) is 0 Å². The molecule has 0 aliphatic heterocycles. The summed E-state index contributed by atoms with van der Waals surface area (Å²) in [5.41, 5.74) is 1.50. The predicted molar refractivity (Wildman–Crippen MR) is 93.5 cm³/mol. The van der Waals surface area contributed by atoms with Crippen LogP contribution in [0.25, 0.3) is 0 Å². The van der Waals surface area contributed by atoms with E-state index < -0.39 is 21.5 Å². The van der Waals surface area contributed by atoms with Crippen molar-refractivity contribution < 1.29 is 13.2 Å². The van der Waals surface area contributed by atoms with E-state index in [0.29, 0.717) is 23.6 Å². The second kappa shape index (κ2) is 8.13. The minimum Gasteiger partial charge on any atom is -0.324 e. The number of benzene rings is 2. The van der Waals surface area contributed by atoms with Gasteiger partial charge < -0.3 is 5.32 Å². The Morgan fingerprint density at radius 3 is 2.35 bits per heavy atom. The molecular formula is C17H18ClNO3S. The molecule has 6 heteroatoms. The summed E-state index contributed by atoms with van der Waals surface area (Å²) in [6.45, 7) is 0. The maximum absolute atomic E-state index is 12.0. The van der Waals surface area contributed by atoms with E-state index in [1.807, 2.05) is 30.3 Å². The van der Waals surface area contributed by atoms with E-state index in [2.05, 4.69) is 5.32 Å². The van der Waals surface area contributed by atoms with Crippen molar-refractivity contribution in [1.82, 2.24) is 0 Å². The van der Waals surface area contributed by atoms with Crippen molar-refractivity contribution in [2.75, 3.05) is 16.8 Å². The Morgan fingerprint density at radius 2 is 1.65 bits per heavy atom. The molecular weight excluding hydrogens is 334 g/mol. The summed E-state index contributed by atoms with van der Waals surface area (Å²) in [6, 6.07) is 16.4. The third-order valence-corrected chi connectivity index (χ3v) is 5.20. The number of hydrogen-bond acceptors (Lipinski definition) is 3. The number of amides is 1. The fraction of sp³-hybridized carbons (Fsp3) is 0.235. The third-order valence-electron chi connectivity index (χ3n) is 3.26. The number of halogens is 1. The van der Waals surface area contributed by atoms with Gasteiger partial charge in [-0.25, -0.2) is 8.42 Å². The minimum atomic E-state index is -3.44. The van der Waals surface area contributed by atoms with E-state index in [1.54, 1.807) is 24.3 Å². The smallest absolute Gasteiger partial charge is 0.239 e. The highest BCUT2D eigenvalue weighted by atomic mass is 35.5. The van der Waals surface area contributed by atoms with Crippen molar-refractivity contribution >= 4 is 33.0 Å². The first-order valence-electron chi connectivity index (χ1n) is 7.25. The van der Waals surface area contributed by atoms with Gasteiger partial charge in [-0.1, -0.05) is 54.1 Å². The summed E-state index contributed by atoms with van der Waals surface area (Å²) < 4.78 is 24.0. The van der Waals surface area contributed by atoms with Gasteiger partial charge >= 0.3 is 0 Å². The Balaban J connectivity index is 1.83.